The molecule has 0 aromatic rings. The Balaban J connectivity index is 2.66. The van der Waals surface area contributed by atoms with Gasteiger partial charge in [0.05, 0.1) is 10.9 Å². The molecule has 23 heavy (non-hydrogen) atoms. The summed E-state index contributed by atoms with van der Waals surface area (Å²) >= 11 is 0.586. The van der Waals surface area contributed by atoms with Crippen molar-refractivity contribution in [2.24, 2.45) is 17.6 Å². The third-order valence-corrected chi connectivity index (χ3v) is 5.09. The van der Waals surface area contributed by atoms with Gasteiger partial charge in [-0.25, -0.2) is 0 Å². The van der Waals surface area contributed by atoms with E-state index in [1.54, 1.807) is 32.1 Å². The van der Waals surface area contributed by atoms with E-state index in [1.165, 1.54) is 0 Å². The number of alkyl halides is 3. The summed E-state index contributed by atoms with van der Waals surface area (Å²) in [6, 6.07) is 0. The third-order valence-electron chi connectivity index (χ3n) is 3.80. The fraction of sp³-hybridized carbons (Fsp3) is 0.562. The monoisotopic (exact) mass is 348 g/mol. The van der Waals surface area contributed by atoms with Gasteiger partial charge in [0.2, 0.25) is 5.91 Å². The molecule has 130 valence electrons. The SMILES string of the molecule is C=C(NC(=O)[C@@H]1C=CC(N)=CC1)SC(C(CC)CC)C(F)(F)F. The number of hydrogen-bond donors (Lipinski definition) is 2. The number of carbonyl (C=O) groups is 1. The fourth-order valence-corrected chi connectivity index (χ4v) is 3.57. The van der Waals surface area contributed by atoms with Crippen molar-refractivity contribution in [1.29, 1.82) is 0 Å². The lowest BCUT2D eigenvalue weighted by Gasteiger charge is -2.28. The second kappa shape index (κ2) is 8.47. The van der Waals surface area contributed by atoms with Crippen LogP contribution in [0.15, 0.2) is 35.5 Å². The van der Waals surface area contributed by atoms with Gasteiger partial charge in [-0.05, 0) is 18.4 Å². The Hall–Kier alpha value is -1.37. The van der Waals surface area contributed by atoms with Crippen molar-refractivity contribution in [2.75, 3.05) is 0 Å². The minimum atomic E-state index is -4.34. The Labute approximate surface area is 139 Å². The number of allylic oxidation sites excluding steroid dienone is 2. The largest absolute Gasteiger partial charge is 0.401 e. The lowest BCUT2D eigenvalue weighted by molar-refractivity contribution is -0.138. The highest BCUT2D eigenvalue weighted by Gasteiger charge is 2.44. The van der Waals surface area contributed by atoms with E-state index in [0.717, 1.165) is 0 Å². The van der Waals surface area contributed by atoms with E-state index in [4.69, 9.17) is 5.73 Å². The van der Waals surface area contributed by atoms with Gasteiger partial charge >= 0.3 is 6.18 Å². The highest BCUT2D eigenvalue weighted by Crippen LogP contribution is 2.40. The van der Waals surface area contributed by atoms with Crippen LogP contribution in [0.5, 0.6) is 0 Å². The number of halogens is 3. The summed E-state index contributed by atoms with van der Waals surface area (Å²) in [5, 5.41) is 0.939. The molecule has 0 aromatic carbocycles. The Morgan fingerprint density at radius 1 is 1.48 bits per heavy atom. The summed E-state index contributed by atoms with van der Waals surface area (Å²) in [7, 11) is 0. The molecule has 3 nitrogen and oxygen atoms in total. The third kappa shape index (κ3) is 5.97. The second-order valence-corrected chi connectivity index (χ2v) is 6.71. The maximum absolute atomic E-state index is 13.2. The quantitative estimate of drug-likeness (QED) is 0.728. The summed E-state index contributed by atoms with van der Waals surface area (Å²) < 4.78 is 39.7. The van der Waals surface area contributed by atoms with Gasteiger partial charge in [0.1, 0.15) is 5.25 Å². The molecule has 3 N–H and O–H groups in total. The maximum Gasteiger partial charge on any atom is 0.401 e. The molecule has 0 heterocycles. The van der Waals surface area contributed by atoms with E-state index < -0.39 is 23.3 Å². The van der Waals surface area contributed by atoms with Crippen LogP contribution in [0.25, 0.3) is 0 Å². The smallest absolute Gasteiger partial charge is 0.399 e. The molecular weight excluding hydrogens is 325 g/mol. The second-order valence-electron chi connectivity index (χ2n) is 5.47. The average molecular weight is 348 g/mol. The summed E-state index contributed by atoms with van der Waals surface area (Å²) in [4.78, 5) is 12.1. The summed E-state index contributed by atoms with van der Waals surface area (Å²) in [6.07, 6.45) is 1.91. The summed E-state index contributed by atoms with van der Waals surface area (Å²) in [6.45, 7) is 7.04. The Morgan fingerprint density at radius 2 is 2.09 bits per heavy atom. The first-order chi connectivity index (χ1) is 10.7. The first kappa shape index (κ1) is 19.7. The topological polar surface area (TPSA) is 55.1 Å². The Morgan fingerprint density at radius 3 is 2.52 bits per heavy atom. The maximum atomic E-state index is 13.2. The molecule has 0 bridgehead atoms. The molecule has 1 aliphatic carbocycles. The van der Waals surface area contributed by atoms with Crippen LogP contribution >= 0.6 is 11.8 Å². The van der Waals surface area contributed by atoms with Crippen molar-refractivity contribution in [3.05, 3.63) is 35.5 Å². The van der Waals surface area contributed by atoms with Crippen molar-refractivity contribution >= 4 is 17.7 Å². The van der Waals surface area contributed by atoms with Crippen LogP contribution < -0.4 is 11.1 Å². The number of hydrogen-bond acceptors (Lipinski definition) is 3. The zero-order valence-electron chi connectivity index (χ0n) is 13.3. The molecule has 2 atom stereocenters. The van der Waals surface area contributed by atoms with Crippen molar-refractivity contribution in [1.82, 2.24) is 5.32 Å². The van der Waals surface area contributed by atoms with Crippen LogP contribution in [-0.4, -0.2) is 17.3 Å². The van der Waals surface area contributed by atoms with E-state index >= 15 is 0 Å². The van der Waals surface area contributed by atoms with Crippen LogP contribution in [0.1, 0.15) is 33.1 Å². The number of rotatable bonds is 7. The molecule has 1 amide bonds. The zero-order chi connectivity index (χ0) is 17.6. The van der Waals surface area contributed by atoms with Crippen LogP contribution in [0.4, 0.5) is 13.2 Å². The number of nitrogens with one attached hydrogen (secondary N) is 1. The molecule has 0 aromatic heterocycles. The van der Waals surface area contributed by atoms with Gasteiger partial charge in [-0.1, -0.05) is 57.2 Å². The predicted octanol–water partition coefficient (Wildman–Crippen LogP) is 4.09. The zero-order valence-corrected chi connectivity index (χ0v) is 14.1. The Bertz CT molecular complexity index is 496. The van der Waals surface area contributed by atoms with Crippen LogP contribution in [0, 0.1) is 11.8 Å². The van der Waals surface area contributed by atoms with Crippen molar-refractivity contribution < 1.29 is 18.0 Å². The fourth-order valence-electron chi connectivity index (χ4n) is 2.39. The molecule has 0 spiro atoms. The molecule has 1 aliphatic rings. The molecule has 1 rings (SSSR count). The molecule has 0 saturated carbocycles. The number of amides is 1. The summed E-state index contributed by atoms with van der Waals surface area (Å²) in [5.74, 6) is -1.31. The van der Waals surface area contributed by atoms with Gasteiger partial charge < -0.3 is 11.1 Å². The normalized spacial score (nSPS) is 19.4. The average Bonchev–Trinajstić information content (AvgIpc) is 2.47. The minimum absolute atomic E-state index is 0.0279. The minimum Gasteiger partial charge on any atom is -0.399 e. The number of carbonyl (C=O) groups excluding carboxylic acids is 1. The van der Waals surface area contributed by atoms with Gasteiger partial charge in [-0.3, -0.25) is 4.79 Å². The predicted molar refractivity (Wildman–Crippen MR) is 88.3 cm³/mol. The van der Waals surface area contributed by atoms with Crippen LogP contribution in [-0.2, 0) is 4.79 Å². The lowest BCUT2D eigenvalue weighted by Crippen LogP contribution is -2.35. The van der Waals surface area contributed by atoms with E-state index in [1.807, 2.05) is 0 Å². The summed E-state index contributed by atoms with van der Waals surface area (Å²) in [5.41, 5.74) is 6.15. The van der Waals surface area contributed by atoms with E-state index in [9.17, 15) is 18.0 Å². The molecule has 0 aliphatic heterocycles. The highest BCUT2D eigenvalue weighted by molar-refractivity contribution is 8.03. The Kier molecular flexibility index (Phi) is 7.25. The molecule has 0 radical (unpaired) electrons. The highest BCUT2D eigenvalue weighted by atomic mass is 32.2. The molecule has 0 saturated heterocycles. The van der Waals surface area contributed by atoms with E-state index in [-0.39, 0.29) is 10.9 Å². The van der Waals surface area contributed by atoms with Crippen LogP contribution in [0.2, 0.25) is 0 Å². The molecule has 0 fully saturated rings. The number of thioether (sulfide) groups is 1. The van der Waals surface area contributed by atoms with Gasteiger partial charge in [0, 0.05) is 5.70 Å². The van der Waals surface area contributed by atoms with Gasteiger partial charge in [-0.15, -0.1) is 0 Å². The molecule has 1 unspecified atom stereocenters. The van der Waals surface area contributed by atoms with Gasteiger partial charge in [-0.2, -0.15) is 13.2 Å². The van der Waals surface area contributed by atoms with Crippen molar-refractivity contribution in [3.8, 4) is 0 Å². The first-order valence-electron chi connectivity index (χ1n) is 7.56. The lowest BCUT2D eigenvalue weighted by atomic mass is 9.99. The van der Waals surface area contributed by atoms with Gasteiger partial charge in [0.15, 0.2) is 0 Å². The molecular formula is C16H23F3N2OS. The van der Waals surface area contributed by atoms with Crippen molar-refractivity contribution in [2.45, 2.75) is 44.5 Å². The van der Waals surface area contributed by atoms with E-state index in [2.05, 4.69) is 11.9 Å². The number of nitrogens with two attached hydrogens (primary N) is 1. The molecule has 7 heteroatoms. The van der Waals surface area contributed by atoms with Gasteiger partial charge in [0.25, 0.3) is 0 Å². The van der Waals surface area contributed by atoms with Crippen molar-refractivity contribution in [3.63, 3.8) is 0 Å². The van der Waals surface area contributed by atoms with Crippen LogP contribution in [0.3, 0.4) is 0 Å². The van der Waals surface area contributed by atoms with E-state index in [0.29, 0.717) is 36.7 Å². The standard InChI is InChI=1S/C16H23F3N2OS/c1-4-11(5-2)14(16(17,18)19)23-10(3)21-15(22)12-6-8-13(20)9-7-12/h6,8-9,11-12,14H,3-5,7,20H2,1-2H3,(H,21,22)/t12-,14?/m1/s1. The first-order valence-corrected chi connectivity index (χ1v) is 8.43.